The van der Waals surface area contributed by atoms with Gasteiger partial charge in [-0.1, -0.05) is 38.0 Å². The lowest BCUT2D eigenvalue weighted by molar-refractivity contribution is -0.110. The summed E-state index contributed by atoms with van der Waals surface area (Å²) in [5, 5.41) is 6.41. The van der Waals surface area contributed by atoms with Gasteiger partial charge in [-0.25, -0.2) is 4.79 Å². The summed E-state index contributed by atoms with van der Waals surface area (Å²) in [5.41, 5.74) is 5.70. The Balaban J connectivity index is 1.55. The lowest BCUT2D eigenvalue weighted by atomic mass is 10.0. The number of hydrogen-bond acceptors (Lipinski definition) is 5. The number of anilines is 2. The second kappa shape index (κ2) is 10.7. The molecule has 33 heavy (non-hydrogen) atoms. The van der Waals surface area contributed by atoms with E-state index in [1.54, 1.807) is 19.1 Å². The molecule has 2 heterocycles. The van der Waals surface area contributed by atoms with Crippen molar-refractivity contribution in [2.24, 2.45) is 0 Å². The van der Waals surface area contributed by atoms with Crippen molar-refractivity contribution in [1.29, 1.82) is 0 Å². The molecule has 0 spiro atoms. The van der Waals surface area contributed by atoms with Crippen LogP contribution in [0.3, 0.4) is 0 Å². The molecular formula is C27H33N3O3. The molecule has 0 atom stereocenters. The molecular weight excluding hydrogens is 414 g/mol. The van der Waals surface area contributed by atoms with Crippen LogP contribution >= 0.6 is 0 Å². The number of esters is 1. The summed E-state index contributed by atoms with van der Waals surface area (Å²) in [6.07, 6.45) is 5.58. The Labute approximate surface area is 196 Å². The van der Waals surface area contributed by atoms with Gasteiger partial charge in [-0.15, -0.1) is 0 Å². The minimum Gasteiger partial charge on any atom is -0.462 e. The van der Waals surface area contributed by atoms with Crippen molar-refractivity contribution >= 4 is 28.8 Å². The standard InChI is InChI=1S/C27H33N3O3/c1-3-8-23(28-21-12-9-19(10-13-21)18-30-15-6-5-7-16-30)25-22-14-11-20(27(32)33-4-2)17-24(22)29-26(25)31/h9-14,17,28H,3-8,15-16,18H2,1-2H3,(H,29,31)/b25-23-. The van der Waals surface area contributed by atoms with E-state index in [1.165, 1.54) is 37.9 Å². The highest BCUT2D eigenvalue weighted by Crippen LogP contribution is 2.36. The van der Waals surface area contributed by atoms with E-state index in [4.69, 9.17) is 4.74 Å². The molecule has 0 aliphatic carbocycles. The third-order valence-corrected chi connectivity index (χ3v) is 6.18. The Hall–Kier alpha value is -3.12. The number of hydrogen-bond donors (Lipinski definition) is 2. The first-order chi connectivity index (χ1) is 16.1. The van der Waals surface area contributed by atoms with E-state index in [9.17, 15) is 9.59 Å². The third-order valence-electron chi connectivity index (χ3n) is 6.18. The zero-order valence-electron chi connectivity index (χ0n) is 19.6. The Bertz CT molecular complexity index is 1040. The van der Waals surface area contributed by atoms with Crippen molar-refractivity contribution in [3.8, 4) is 0 Å². The summed E-state index contributed by atoms with van der Waals surface area (Å²) in [6.45, 7) is 7.53. The maximum absolute atomic E-state index is 12.9. The number of benzene rings is 2. The van der Waals surface area contributed by atoms with Gasteiger partial charge < -0.3 is 15.4 Å². The van der Waals surface area contributed by atoms with Crippen LogP contribution in [0.25, 0.3) is 5.57 Å². The van der Waals surface area contributed by atoms with Gasteiger partial charge in [-0.3, -0.25) is 9.69 Å². The van der Waals surface area contributed by atoms with Gasteiger partial charge in [0.2, 0.25) is 0 Å². The highest BCUT2D eigenvalue weighted by Gasteiger charge is 2.28. The highest BCUT2D eigenvalue weighted by atomic mass is 16.5. The molecule has 0 saturated carbocycles. The van der Waals surface area contributed by atoms with Crippen LogP contribution in [-0.4, -0.2) is 36.5 Å². The van der Waals surface area contributed by atoms with Crippen molar-refractivity contribution < 1.29 is 14.3 Å². The zero-order valence-corrected chi connectivity index (χ0v) is 19.6. The molecule has 1 fully saturated rings. The van der Waals surface area contributed by atoms with Gasteiger partial charge in [0.15, 0.2) is 0 Å². The number of nitrogens with one attached hydrogen (secondary N) is 2. The van der Waals surface area contributed by atoms with Gasteiger partial charge in [0, 0.05) is 23.5 Å². The number of likely N-dealkylation sites (tertiary alicyclic amines) is 1. The van der Waals surface area contributed by atoms with E-state index < -0.39 is 0 Å². The van der Waals surface area contributed by atoms with E-state index in [0.29, 0.717) is 23.4 Å². The molecule has 4 rings (SSSR count). The number of piperidine rings is 1. The van der Waals surface area contributed by atoms with Gasteiger partial charge in [0.25, 0.3) is 5.91 Å². The number of ether oxygens (including phenoxy) is 1. The number of nitrogens with zero attached hydrogens (tertiary/aromatic N) is 1. The SMILES string of the molecule is CCC/C(Nc1ccc(CN2CCCCC2)cc1)=C1/C(=O)Nc2cc(C(=O)OCC)ccc21. The fraction of sp³-hybridized carbons (Fsp3) is 0.407. The van der Waals surface area contributed by atoms with Gasteiger partial charge >= 0.3 is 5.97 Å². The summed E-state index contributed by atoms with van der Waals surface area (Å²) < 4.78 is 5.08. The number of carbonyl (C=O) groups is 2. The van der Waals surface area contributed by atoms with E-state index in [-0.39, 0.29) is 11.9 Å². The quantitative estimate of drug-likeness (QED) is 0.417. The Morgan fingerprint density at radius 2 is 1.82 bits per heavy atom. The summed E-state index contributed by atoms with van der Waals surface area (Å²) in [5.74, 6) is -0.535. The Morgan fingerprint density at radius 3 is 2.52 bits per heavy atom. The van der Waals surface area contributed by atoms with Crippen LogP contribution in [0.4, 0.5) is 11.4 Å². The number of rotatable bonds is 8. The molecule has 6 nitrogen and oxygen atoms in total. The molecule has 2 N–H and O–H groups in total. The van der Waals surface area contributed by atoms with Gasteiger partial charge in [-0.2, -0.15) is 0 Å². The van der Waals surface area contributed by atoms with Crippen LogP contribution in [0.15, 0.2) is 48.2 Å². The fourth-order valence-electron chi connectivity index (χ4n) is 4.56. The minimum atomic E-state index is -0.386. The van der Waals surface area contributed by atoms with Crippen LogP contribution in [0, 0.1) is 0 Å². The summed E-state index contributed by atoms with van der Waals surface area (Å²) >= 11 is 0. The molecule has 0 radical (unpaired) electrons. The lowest BCUT2D eigenvalue weighted by Gasteiger charge is -2.26. The average molecular weight is 448 g/mol. The van der Waals surface area contributed by atoms with Gasteiger partial charge in [-0.05, 0) is 69.1 Å². The van der Waals surface area contributed by atoms with E-state index in [0.717, 1.165) is 36.3 Å². The summed E-state index contributed by atoms with van der Waals surface area (Å²) in [7, 11) is 0. The molecule has 2 aliphatic heterocycles. The normalized spacial score (nSPS) is 17.3. The molecule has 2 aromatic rings. The lowest BCUT2D eigenvalue weighted by Crippen LogP contribution is -2.29. The third kappa shape index (κ3) is 5.45. The predicted octanol–water partition coefficient (Wildman–Crippen LogP) is 5.42. The maximum Gasteiger partial charge on any atom is 0.338 e. The second-order valence-corrected chi connectivity index (χ2v) is 8.70. The van der Waals surface area contributed by atoms with E-state index >= 15 is 0 Å². The first-order valence-corrected chi connectivity index (χ1v) is 12.0. The fourth-order valence-corrected chi connectivity index (χ4v) is 4.56. The molecule has 0 bridgehead atoms. The zero-order chi connectivity index (χ0) is 23.2. The van der Waals surface area contributed by atoms with Gasteiger partial charge in [0.05, 0.1) is 23.4 Å². The van der Waals surface area contributed by atoms with Gasteiger partial charge in [0.1, 0.15) is 0 Å². The molecule has 2 aliphatic rings. The number of allylic oxidation sites excluding steroid dienone is 1. The van der Waals surface area contributed by atoms with Crippen LogP contribution < -0.4 is 10.6 Å². The molecule has 1 amide bonds. The Morgan fingerprint density at radius 1 is 1.06 bits per heavy atom. The first-order valence-electron chi connectivity index (χ1n) is 12.0. The smallest absolute Gasteiger partial charge is 0.338 e. The number of carbonyl (C=O) groups excluding carboxylic acids is 2. The molecule has 0 unspecified atom stereocenters. The molecule has 6 heteroatoms. The van der Waals surface area contributed by atoms with Crippen molar-refractivity contribution in [1.82, 2.24) is 4.90 Å². The minimum absolute atomic E-state index is 0.149. The van der Waals surface area contributed by atoms with Crippen LogP contribution in [0.5, 0.6) is 0 Å². The predicted molar refractivity (Wildman–Crippen MR) is 132 cm³/mol. The maximum atomic E-state index is 12.9. The highest BCUT2D eigenvalue weighted by molar-refractivity contribution is 6.32. The summed E-state index contributed by atoms with van der Waals surface area (Å²) in [4.78, 5) is 27.5. The molecule has 174 valence electrons. The topological polar surface area (TPSA) is 70.7 Å². The van der Waals surface area contributed by atoms with Crippen LogP contribution in [-0.2, 0) is 16.1 Å². The Kier molecular flexibility index (Phi) is 7.45. The summed E-state index contributed by atoms with van der Waals surface area (Å²) in [6, 6.07) is 13.8. The van der Waals surface area contributed by atoms with Crippen molar-refractivity contribution in [2.75, 3.05) is 30.3 Å². The molecule has 1 saturated heterocycles. The van der Waals surface area contributed by atoms with E-state index in [2.05, 4.69) is 46.7 Å². The second-order valence-electron chi connectivity index (χ2n) is 8.70. The molecule has 2 aromatic carbocycles. The van der Waals surface area contributed by atoms with Crippen molar-refractivity contribution in [3.63, 3.8) is 0 Å². The average Bonchev–Trinajstić information content (AvgIpc) is 3.15. The van der Waals surface area contributed by atoms with Crippen LogP contribution in [0.2, 0.25) is 0 Å². The van der Waals surface area contributed by atoms with Crippen molar-refractivity contribution in [2.45, 2.75) is 52.5 Å². The van der Waals surface area contributed by atoms with Crippen molar-refractivity contribution in [3.05, 3.63) is 64.9 Å². The monoisotopic (exact) mass is 447 g/mol. The molecule has 0 aromatic heterocycles. The van der Waals surface area contributed by atoms with Crippen LogP contribution in [0.1, 0.15) is 67.4 Å². The largest absolute Gasteiger partial charge is 0.462 e. The number of amides is 1. The van der Waals surface area contributed by atoms with E-state index in [1.807, 2.05) is 6.07 Å². The number of fused-ring (bicyclic) bond motifs is 1. The first kappa shape index (κ1) is 23.1.